The van der Waals surface area contributed by atoms with Crippen molar-refractivity contribution in [1.82, 2.24) is 0 Å². The third-order valence-electron chi connectivity index (χ3n) is 3.77. The highest BCUT2D eigenvalue weighted by atomic mass is 16.4. The summed E-state index contributed by atoms with van der Waals surface area (Å²) in [6, 6.07) is 12.9. The van der Waals surface area contributed by atoms with Crippen molar-refractivity contribution in [1.29, 1.82) is 0 Å². The fraction of sp³-hybridized carbons (Fsp3) is 0.333. The highest BCUT2D eigenvalue weighted by Gasteiger charge is 2.12. The number of rotatable bonds is 4. The second kappa shape index (κ2) is 11.7. The number of phenols is 2. The number of aliphatic carboxylic acids is 1. The number of carbonyl (C=O) groups is 2. The van der Waals surface area contributed by atoms with Gasteiger partial charge in [0, 0.05) is 5.92 Å². The normalized spacial score (nSPS) is 11.5. The maximum absolute atomic E-state index is 11.0. The number of Topliss-reactive ketones (excluding diaryl/α,β-unsaturated/α-hetero) is 1. The maximum atomic E-state index is 11.0. The molecular weight excluding hydrogens is 332 g/mol. The van der Waals surface area contributed by atoms with Crippen molar-refractivity contribution in [2.45, 2.75) is 47.5 Å². The van der Waals surface area contributed by atoms with Gasteiger partial charge in [-0.1, -0.05) is 46.0 Å². The van der Waals surface area contributed by atoms with Crippen LogP contribution >= 0.6 is 0 Å². The second-order valence-electron chi connectivity index (χ2n) is 5.58. The number of carboxylic acids is 1. The summed E-state index contributed by atoms with van der Waals surface area (Å²) in [5.74, 6) is -0.941. The molecule has 2 aromatic carbocycles. The molecule has 0 amide bonds. The van der Waals surface area contributed by atoms with Crippen LogP contribution in [-0.2, 0) is 9.59 Å². The van der Waals surface area contributed by atoms with E-state index < -0.39 is 11.9 Å². The smallest absolute Gasteiger partial charge is 0.310 e. The Balaban J connectivity index is 0. The summed E-state index contributed by atoms with van der Waals surface area (Å²) in [5, 5.41) is 26.6. The molecule has 0 spiro atoms. The van der Waals surface area contributed by atoms with Gasteiger partial charge < -0.3 is 15.3 Å². The Morgan fingerprint density at radius 1 is 0.731 bits per heavy atom. The first-order valence-corrected chi connectivity index (χ1v) is 7.53. The molecule has 5 nitrogen and oxygen atoms in total. The van der Waals surface area contributed by atoms with E-state index in [1.165, 1.54) is 12.1 Å². The lowest BCUT2D eigenvalue weighted by molar-refractivity contribution is -0.138. The lowest BCUT2D eigenvalue weighted by Crippen LogP contribution is -2.06. The van der Waals surface area contributed by atoms with Crippen LogP contribution in [0.4, 0.5) is 0 Å². The molecule has 0 radical (unpaired) electrons. The zero-order chi connectivity index (χ0) is 18.3. The van der Waals surface area contributed by atoms with Gasteiger partial charge in [0.25, 0.3) is 0 Å². The predicted octanol–water partition coefficient (Wildman–Crippen LogP) is 4.94. The molecule has 0 heterocycles. The topological polar surface area (TPSA) is 94.8 Å². The van der Waals surface area contributed by atoms with E-state index in [0.29, 0.717) is 5.56 Å². The van der Waals surface area contributed by atoms with E-state index in [9.17, 15) is 9.59 Å². The molecule has 0 saturated carbocycles. The molecule has 26 heavy (non-hydrogen) atoms. The molecular formula is C21H30O5. The average Bonchev–Trinajstić information content (AvgIpc) is 2.55. The summed E-state index contributed by atoms with van der Waals surface area (Å²) in [5.41, 5.74) is 1.64. The fourth-order valence-electron chi connectivity index (χ4n) is 1.90. The minimum absolute atomic E-state index is 0. The average molecular weight is 362 g/mol. The fourth-order valence-corrected chi connectivity index (χ4v) is 1.90. The molecule has 0 aliphatic carbocycles. The minimum Gasteiger partial charge on any atom is -0.508 e. The van der Waals surface area contributed by atoms with Gasteiger partial charge in [-0.2, -0.15) is 0 Å². The molecule has 2 aromatic rings. The van der Waals surface area contributed by atoms with E-state index in [0.717, 1.165) is 5.56 Å². The predicted molar refractivity (Wildman–Crippen MR) is 105 cm³/mol. The molecule has 2 atom stereocenters. The molecule has 3 N–H and O–H groups in total. The van der Waals surface area contributed by atoms with E-state index in [1.54, 1.807) is 50.2 Å². The largest absolute Gasteiger partial charge is 0.508 e. The van der Waals surface area contributed by atoms with Gasteiger partial charge in [0.1, 0.15) is 17.3 Å². The van der Waals surface area contributed by atoms with E-state index in [4.69, 9.17) is 15.3 Å². The molecule has 2 unspecified atom stereocenters. The minimum atomic E-state index is -0.860. The van der Waals surface area contributed by atoms with Gasteiger partial charge in [-0.05, 0) is 49.2 Å². The Hall–Kier alpha value is -2.82. The molecule has 0 aromatic heterocycles. The maximum Gasteiger partial charge on any atom is 0.310 e. The van der Waals surface area contributed by atoms with Crippen molar-refractivity contribution in [2.24, 2.45) is 0 Å². The van der Waals surface area contributed by atoms with Crippen LogP contribution < -0.4 is 0 Å². The number of aromatic hydroxyl groups is 2. The van der Waals surface area contributed by atoms with Gasteiger partial charge in [0.15, 0.2) is 0 Å². The van der Waals surface area contributed by atoms with Crippen molar-refractivity contribution in [3.8, 4) is 11.5 Å². The quantitative estimate of drug-likeness (QED) is 0.716. The first-order chi connectivity index (χ1) is 11.2. The van der Waals surface area contributed by atoms with Crippen LogP contribution in [-0.4, -0.2) is 27.1 Å². The number of phenolic OH excluding ortho intramolecular Hbond substituents is 2. The van der Waals surface area contributed by atoms with Crippen LogP contribution in [0.3, 0.4) is 0 Å². The zero-order valence-corrected chi connectivity index (χ0v) is 13.9. The van der Waals surface area contributed by atoms with E-state index >= 15 is 0 Å². The van der Waals surface area contributed by atoms with Crippen molar-refractivity contribution in [3.05, 3.63) is 59.7 Å². The van der Waals surface area contributed by atoms with E-state index in [2.05, 4.69) is 0 Å². The summed E-state index contributed by atoms with van der Waals surface area (Å²) in [6.07, 6.45) is 0. The van der Waals surface area contributed by atoms with Crippen LogP contribution in [0.2, 0.25) is 0 Å². The number of ketones is 1. The van der Waals surface area contributed by atoms with Crippen LogP contribution in [0, 0.1) is 0 Å². The van der Waals surface area contributed by atoms with Crippen molar-refractivity contribution < 1.29 is 24.9 Å². The van der Waals surface area contributed by atoms with Gasteiger partial charge in [0.2, 0.25) is 0 Å². The molecule has 2 rings (SSSR count). The molecule has 0 bridgehead atoms. The number of hydrogen-bond acceptors (Lipinski definition) is 4. The van der Waals surface area contributed by atoms with Crippen molar-refractivity contribution >= 4 is 11.8 Å². The van der Waals surface area contributed by atoms with Crippen LogP contribution in [0.5, 0.6) is 11.5 Å². The Kier molecular flexibility index (Phi) is 11.4. The molecule has 144 valence electrons. The number of carbonyl (C=O) groups excluding carboxylic acids is 1. The third-order valence-corrected chi connectivity index (χ3v) is 3.77. The first kappa shape index (κ1) is 25.4. The van der Waals surface area contributed by atoms with Gasteiger partial charge in [-0.3, -0.25) is 9.59 Å². The monoisotopic (exact) mass is 362 g/mol. The van der Waals surface area contributed by atoms with Gasteiger partial charge in [-0.15, -0.1) is 0 Å². The number of benzene rings is 2. The number of hydrogen-bond donors (Lipinski definition) is 3. The summed E-state index contributed by atoms with van der Waals surface area (Å²) < 4.78 is 0. The molecule has 0 aliphatic rings. The SMILES string of the molecule is C.C.CC(=O)C(C)c1ccc(O)cc1.CC(C(=O)O)c1ccc(O)cc1. The Morgan fingerprint density at radius 3 is 1.31 bits per heavy atom. The van der Waals surface area contributed by atoms with E-state index in [-0.39, 0.29) is 38.1 Å². The molecule has 0 saturated heterocycles. The summed E-state index contributed by atoms with van der Waals surface area (Å²) >= 11 is 0. The zero-order valence-electron chi connectivity index (χ0n) is 13.9. The first-order valence-electron chi connectivity index (χ1n) is 7.53. The molecule has 0 aliphatic heterocycles. The van der Waals surface area contributed by atoms with Crippen LogP contribution in [0.25, 0.3) is 0 Å². The van der Waals surface area contributed by atoms with Crippen LogP contribution in [0.1, 0.15) is 58.6 Å². The Labute approximate surface area is 155 Å². The van der Waals surface area contributed by atoms with Gasteiger partial charge in [-0.25, -0.2) is 0 Å². The Morgan fingerprint density at radius 2 is 1.04 bits per heavy atom. The highest BCUT2D eigenvalue weighted by molar-refractivity contribution is 5.82. The summed E-state index contributed by atoms with van der Waals surface area (Å²) in [6.45, 7) is 5.03. The standard InChI is InChI=1S/C10H12O2.C9H10O3.2CH4/c1-7(8(2)11)9-3-5-10(12)6-4-9;1-6(9(11)12)7-2-4-8(10)5-3-7;;/h3-7,12H,1-2H3;2-6,10H,1H3,(H,11,12);2*1H4. The van der Waals surface area contributed by atoms with E-state index in [1.807, 2.05) is 6.92 Å². The van der Waals surface area contributed by atoms with Crippen LogP contribution in [0.15, 0.2) is 48.5 Å². The molecule has 0 fully saturated rings. The van der Waals surface area contributed by atoms with Crippen molar-refractivity contribution in [3.63, 3.8) is 0 Å². The lowest BCUT2D eigenvalue weighted by Gasteiger charge is -2.06. The third kappa shape index (κ3) is 7.83. The lowest BCUT2D eigenvalue weighted by atomic mass is 9.98. The van der Waals surface area contributed by atoms with Gasteiger partial charge in [0.05, 0.1) is 5.92 Å². The van der Waals surface area contributed by atoms with Crippen molar-refractivity contribution in [2.75, 3.05) is 0 Å². The Bertz CT molecular complexity index is 613. The van der Waals surface area contributed by atoms with Gasteiger partial charge >= 0.3 is 5.97 Å². The number of carboxylic acid groups (broad SMARTS) is 1. The summed E-state index contributed by atoms with van der Waals surface area (Å²) in [4.78, 5) is 21.5. The summed E-state index contributed by atoms with van der Waals surface area (Å²) in [7, 11) is 0. The second-order valence-corrected chi connectivity index (χ2v) is 5.58. The molecule has 5 heteroatoms. The highest BCUT2D eigenvalue weighted by Crippen LogP contribution is 2.19.